The van der Waals surface area contributed by atoms with Crippen LogP contribution >= 0.6 is 0 Å². The zero-order valence-corrected chi connectivity index (χ0v) is 19.6. The number of aliphatic hydroxyl groups is 2. The minimum Gasteiger partial charge on any atom is -0.399 e. The van der Waals surface area contributed by atoms with Gasteiger partial charge in [-0.3, -0.25) is 15.0 Å². The van der Waals surface area contributed by atoms with Crippen molar-refractivity contribution < 1.29 is 15.1 Å². The van der Waals surface area contributed by atoms with Crippen LogP contribution in [0.3, 0.4) is 0 Å². The average molecular weight is 477 g/mol. The zero-order valence-electron chi connectivity index (χ0n) is 19.6. The number of nitro benzene ring substituents is 1. The van der Waals surface area contributed by atoms with E-state index in [9.17, 15) is 20.3 Å². The molecule has 0 radical (unpaired) electrons. The first kappa shape index (κ1) is 24.7. The second-order valence-corrected chi connectivity index (χ2v) is 9.18. The van der Waals surface area contributed by atoms with Crippen LogP contribution in [0, 0.1) is 10.1 Å². The van der Waals surface area contributed by atoms with E-state index >= 15 is 0 Å². The predicted molar refractivity (Wildman–Crippen MR) is 137 cm³/mol. The summed E-state index contributed by atoms with van der Waals surface area (Å²) in [5.74, 6) is 0. The van der Waals surface area contributed by atoms with Crippen molar-refractivity contribution in [3.05, 3.63) is 99.1 Å². The van der Waals surface area contributed by atoms with Crippen molar-refractivity contribution in [2.24, 2.45) is 0 Å². The van der Waals surface area contributed by atoms with Gasteiger partial charge in [-0.25, -0.2) is 0 Å². The van der Waals surface area contributed by atoms with E-state index in [0.29, 0.717) is 24.3 Å². The standard InChI is InChI=1S/C27H32N4O4/c28-23-9-10-26(27(14-23)31(34)35)29-16-21-5-1-19(2-6-21)13-20-3-7-22(8-4-20)17-30-12-11-25(33)15-24(30)18-32/h1-10,14,24-25,29,32-33H,11-13,15-18,28H2. The van der Waals surface area contributed by atoms with E-state index in [2.05, 4.69) is 46.6 Å². The van der Waals surface area contributed by atoms with Gasteiger partial charge in [-0.05, 0) is 53.6 Å². The van der Waals surface area contributed by atoms with Crippen molar-refractivity contribution in [2.45, 2.75) is 44.5 Å². The monoisotopic (exact) mass is 476 g/mol. The number of hydrogen-bond acceptors (Lipinski definition) is 7. The Hall–Kier alpha value is -3.46. The van der Waals surface area contributed by atoms with Gasteiger partial charge in [0.05, 0.1) is 17.6 Å². The van der Waals surface area contributed by atoms with Gasteiger partial charge in [0.2, 0.25) is 0 Å². The summed E-state index contributed by atoms with van der Waals surface area (Å²) >= 11 is 0. The molecule has 8 nitrogen and oxygen atoms in total. The van der Waals surface area contributed by atoms with E-state index < -0.39 is 4.92 Å². The molecule has 8 heteroatoms. The summed E-state index contributed by atoms with van der Waals surface area (Å²) in [5, 5.41) is 33.9. The number of anilines is 2. The topological polar surface area (TPSA) is 125 Å². The van der Waals surface area contributed by atoms with E-state index in [1.165, 1.54) is 22.8 Å². The summed E-state index contributed by atoms with van der Waals surface area (Å²) in [6, 6.07) is 21.4. The van der Waals surface area contributed by atoms with Crippen LogP contribution in [0.25, 0.3) is 0 Å². The summed E-state index contributed by atoms with van der Waals surface area (Å²) in [4.78, 5) is 13.1. The maximum Gasteiger partial charge on any atom is 0.294 e. The Labute approximate surface area is 205 Å². The molecule has 0 aromatic heterocycles. The largest absolute Gasteiger partial charge is 0.399 e. The lowest BCUT2D eigenvalue weighted by Gasteiger charge is -2.36. The van der Waals surface area contributed by atoms with Crippen LogP contribution in [0.2, 0.25) is 0 Å². The number of hydrogen-bond donors (Lipinski definition) is 4. The molecule has 1 fully saturated rings. The summed E-state index contributed by atoms with van der Waals surface area (Å²) in [5.41, 5.74) is 11.1. The van der Waals surface area contributed by atoms with Gasteiger partial charge in [-0.15, -0.1) is 0 Å². The lowest BCUT2D eigenvalue weighted by atomic mass is 9.98. The molecule has 0 aliphatic carbocycles. The second kappa shape index (κ2) is 11.3. The molecule has 2 unspecified atom stereocenters. The highest BCUT2D eigenvalue weighted by molar-refractivity contribution is 5.66. The Morgan fingerprint density at radius 3 is 2.26 bits per heavy atom. The van der Waals surface area contributed by atoms with Crippen molar-refractivity contribution >= 4 is 17.1 Å². The van der Waals surface area contributed by atoms with Gasteiger partial charge in [-0.1, -0.05) is 48.5 Å². The van der Waals surface area contributed by atoms with Crippen molar-refractivity contribution in [2.75, 3.05) is 24.2 Å². The number of nitrogens with one attached hydrogen (secondary N) is 1. The highest BCUT2D eigenvalue weighted by Crippen LogP contribution is 2.27. The van der Waals surface area contributed by atoms with Crippen LogP contribution in [0.15, 0.2) is 66.7 Å². The first-order chi connectivity index (χ1) is 16.9. The minimum absolute atomic E-state index is 0.0117. The third-order valence-corrected chi connectivity index (χ3v) is 6.56. The van der Waals surface area contributed by atoms with E-state index in [0.717, 1.165) is 31.5 Å². The van der Waals surface area contributed by atoms with Crippen molar-refractivity contribution in [1.29, 1.82) is 0 Å². The molecule has 0 spiro atoms. The van der Waals surface area contributed by atoms with Gasteiger partial charge in [-0.2, -0.15) is 0 Å². The SMILES string of the molecule is Nc1ccc(NCc2ccc(Cc3ccc(CN4CCC(O)CC4CO)cc3)cc2)c([N+](=O)[O-])c1. The Morgan fingerprint density at radius 2 is 1.63 bits per heavy atom. The third-order valence-electron chi connectivity index (χ3n) is 6.56. The van der Waals surface area contributed by atoms with Gasteiger partial charge in [0.1, 0.15) is 5.69 Å². The summed E-state index contributed by atoms with van der Waals surface area (Å²) in [6.45, 7) is 2.10. The van der Waals surface area contributed by atoms with E-state index in [-0.39, 0.29) is 24.4 Å². The molecule has 5 N–H and O–H groups in total. The summed E-state index contributed by atoms with van der Waals surface area (Å²) in [7, 11) is 0. The fourth-order valence-electron chi connectivity index (χ4n) is 4.53. The average Bonchev–Trinajstić information content (AvgIpc) is 2.86. The molecule has 3 aromatic carbocycles. The smallest absolute Gasteiger partial charge is 0.294 e. The number of nitrogens with two attached hydrogens (primary N) is 1. The molecular formula is C27H32N4O4. The molecule has 0 saturated carbocycles. The molecule has 3 aromatic rings. The molecule has 0 bridgehead atoms. The fourth-order valence-corrected chi connectivity index (χ4v) is 4.53. The predicted octanol–water partition coefficient (Wildman–Crippen LogP) is 3.70. The molecular weight excluding hydrogens is 444 g/mol. The van der Waals surface area contributed by atoms with Gasteiger partial charge in [0.15, 0.2) is 0 Å². The van der Waals surface area contributed by atoms with E-state index in [1.54, 1.807) is 12.1 Å². The molecule has 1 saturated heterocycles. The van der Waals surface area contributed by atoms with E-state index in [1.807, 2.05) is 12.1 Å². The normalized spacial score (nSPS) is 18.3. The van der Waals surface area contributed by atoms with Crippen LogP contribution in [-0.4, -0.2) is 45.3 Å². The number of nitro groups is 1. The quantitative estimate of drug-likeness (QED) is 0.211. The second-order valence-electron chi connectivity index (χ2n) is 9.18. The van der Waals surface area contributed by atoms with Crippen LogP contribution in [-0.2, 0) is 19.5 Å². The highest BCUT2D eigenvalue weighted by Gasteiger charge is 2.26. The Bertz CT molecular complexity index is 1130. The molecule has 0 amide bonds. The third kappa shape index (κ3) is 6.57. The lowest BCUT2D eigenvalue weighted by Crippen LogP contribution is -2.45. The number of nitrogen functional groups attached to an aromatic ring is 1. The highest BCUT2D eigenvalue weighted by atomic mass is 16.6. The maximum atomic E-state index is 11.3. The summed E-state index contributed by atoms with van der Waals surface area (Å²) < 4.78 is 0. The first-order valence-electron chi connectivity index (χ1n) is 11.9. The molecule has 1 aliphatic rings. The Kier molecular flexibility index (Phi) is 7.97. The van der Waals surface area contributed by atoms with Crippen LogP contribution in [0.1, 0.15) is 35.1 Å². The fraction of sp³-hybridized carbons (Fsp3) is 0.333. The van der Waals surface area contributed by atoms with Gasteiger partial charge in [0.25, 0.3) is 5.69 Å². The minimum atomic E-state index is -0.436. The van der Waals surface area contributed by atoms with Gasteiger partial charge >= 0.3 is 0 Å². The van der Waals surface area contributed by atoms with Crippen LogP contribution < -0.4 is 11.1 Å². The molecule has 2 atom stereocenters. The summed E-state index contributed by atoms with van der Waals surface area (Å²) in [6.07, 6.45) is 1.87. The number of likely N-dealkylation sites (tertiary alicyclic amines) is 1. The number of piperidine rings is 1. The first-order valence-corrected chi connectivity index (χ1v) is 11.9. The van der Waals surface area contributed by atoms with Gasteiger partial charge in [0, 0.05) is 37.4 Å². The number of aliphatic hydroxyl groups excluding tert-OH is 2. The van der Waals surface area contributed by atoms with Gasteiger partial charge < -0.3 is 21.3 Å². The molecule has 1 heterocycles. The Balaban J connectivity index is 1.31. The van der Waals surface area contributed by atoms with Crippen LogP contribution in [0.4, 0.5) is 17.1 Å². The van der Waals surface area contributed by atoms with Crippen LogP contribution in [0.5, 0.6) is 0 Å². The maximum absolute atomic E-state index is 11.3. The molecule has 4 rings (SSSR count). The number of rotatable bonds is 9. The number of benzene rings is 3. The lowest BCUT2D eigenvalue weighted by molar-refractivity contribution is -0.383. The van der Waals surface area contributed by atoms with Crippen molar-refractivity contribution in [3.8, 4) is 0 Å². The molecule has 184 valence electrons. The number of nitrogens with zero attached hydrogens (tertiary/aromatic N) is 2. The van der Waals surface area contributed by atoms with Crippen molar-refractivity contribution in [3.63, 3.8) is 0 Å². The molecule has 35 heavy (non-hydrogen) atoms. The van der Waals surface area contributed by atoms with Crippen molar-refractivity contribution in [1.82, 2.24) is 4.90 Å². The van der Waals surface area contributed by atoms with E-state index in [4.69, 9.17) is 5.73 Å². The molecule has 1 aliphatic heterocycles. The Morgan fingerprint density at radius 1 is 1.00 bits per heavy atom. The zero-order chi connectivity index (χ0) is 24.8.